The SMILES string of the molecule is C=C(Br)CNCC(C)(O)CCC. The molecular formula is C9H18BrNO. The molecule has 0 aromatic rings. The molecule has 1 unspecified atom stereocenters. The molecule has 0 bridgehead atoms. The molecule has 1 atom stereocenters. The van der Waals surface area contributed by atoms with Crippen molar-refractivity contribution < 1.29 is 5.11 Å². The van der Waals surface area contributed by atoms with Crippen molar-refractivity contribution in [2.24, 2.45) is 0 Å². The van der Waals surface area contributed by atoms with Crippen LogP contribution in [0.15, 0.2) is 11.1 Å². The highest BCUT2D eigenvalue weighted by Gasteiger charge is 2.17. The van der Waals surface area contributed by atoms with Gasteiger partial charge in [-0.2, -0.15) is 0 Å². The molecule has 0 saturated heterocycles. The lowest BCUT2D eigenvalue weighted by Crippen LogP contribution is -2.37. The Hall–Kier alpha value is 0.140. The summed E-state index contributed by atoms with van der Waals surface area (Å²) in [5.41, 5.74) is -0.586. The van der Waals surface area contributed by atoms with Gasteiger partial charge in [0.2, 0.25) is 0 Å². The molecule has 0 fully saturated rings. The van der Waals surface area contributed by atoms with Gasteiger partial charge in [0.1, 0.15) is 0 Å². The average Bonchev–Trinajstić information content (AvgIpc) is 1.85. The van der Waals surface area contributed by atoms with Crippen molar-refractivity contribution >= 4 is 15.9 Å². The van der Waals surface area contributed by atoms with Crippen molar-refractivity contribution in [2.45, 2.75) is 32.3 Å². The average molecular weight is 236 g/mol. The van der Waals surface area contributed by atoms with Gasteiger partial charge in [0.15, 0.2) is 0 Å². The van der Waals surface area contributed by atoms with Crippen LogP contribution in [0.25, 0.3) is 0 Å². The Kier molecular flexibility index (Phi) is 5.80. The van der Waals surface area contributed by atoms with Crippen LogP contribution >= 0.6 is 15.9 Å². The number of rotatable bonds is 6. The number of hydrogen-bond acceptors (Lipinski definition) is 2. The van der Waals surface area contributed by atoms with E-state index in [4.69, 9.17) is 0 Å². The maximum Gasteiger partial charge on any atom is 0.0743 e. The van der Waals surface area contributed by atoms with Gasteiger partial charge in [0.05, 0.1) is 5.60 Å². The van der Waals surface area contributed by atoms with Crippen LogP contribution in [0.4, 0.5) is 0 Å². The van der Waals surface area contributed by atoms with Gasteiger partial charge >= 0.3 is 0 Å². The number of hydrogen-bond donors (Lipinski definition) is 2. The Bertz CT molecular complexity index is 145. The van der Waals surface area contributed by atoms with Crippen molar-refractivity contribution in [2.75, 3.05) is 13.1 Å². The van der Waals surface area contributed by atoms with Gasteiger partial charge < -0.3 is 10.4 Å². The van der Waals surface area contributed by atoms with E-state index in [-0.39, 0.29) is 0 Å². The smallest absolute Gasteiger partial charge is 0.0743 e. The molecular weight excluding hydrogens is 218 g/mol. The van der Waals surface area contributed by atoms with Gasteiger partial charge in [-0.05, 0) is 13.3 Å². The lowest BCUT2D eigenvalue weighted by molar-refractivity contribution is 0.0511. The zero-order valence-corrected chi connectivity index (χ0v) is 9.45. The third-order valence-corrected chi connectivity index (χ3v) is 1.89. The van der Waals surface area contributed by atoms with E-state index in [0.29, 0.717) is 13.1 Å². The molecule has 0 aliphatic heterocycles. The fourth-order valence-electron chi connectivity index (χ4n) is 1.09. The van der Waals surface area contributed by atoms with Gasteiger partial charge in [-0.25, -0.2) is 0 Å². The van der Waals surface area contributed by atoms with Crippen LogP contribution in [0.1, 0.15) is 26.7 Å². The Balaban J connectivity index is 3.53. The van der Waals surface area contributed by atoms with E-state index < -0.39 is 5.60 Å². The monoisotopic (exact) mass is 235 g/mol. The van der Waals surface area contributed by atoms with Crippen LogP contribution in [0.5, 0.6) is 0 Å². The van der Waals surface area contributed by atoms with Crippen molar-refractivity contribution in [3.63, 3.8) is 0 Å². The van der Waals surface area contributed by atoms with Crippen molar-refractivity contribution in [3.8, 4) is 0 Å². The molecule has 0 saturated carbocycles. The van der Waals surface area contributed by atoms with Gasteiger partial charge in [0.25, 0.3) is 0 Å². The number of halogens is 1. The van der Waals surface area contributed by atoms with Crippen LogP contribution < -0.4 is 5.32 Å². The molecule has 2 N–H and O–H groups in total. The molecule has 0 heterocycles. The van der Waals surface area contributed by atoms with E-state index in [2.05, 4.69) is 34.7 Å². The maximum absolute atomic E-state index is 9.72. The standard InChI is InChI=1S/C9H18BrNO/c1-4-5-9(3,12)7-11-6-8(2)10/h11-12H,2,4-7H2,1,3H3. The predicted molar refractivity (Wildman–Crippen MR) is 56.5 cm³/mol. The third-order valence-electron chi connectivity index (χ3n) is 1.61. The minimum atomic E-state index is -0.586. The molecule has 12 heavy (non-hydrogen) atoms. The van der Waals surface area contributed by atoms with Crippen LogP contribution in [-0.4, -0.2) is 23.8 Å². The minimum Gasteiger partial charge on any atom is -0.389 e. The van der Waals surface area contributed by atoms with Gasteiger partial charge in [-0.1, -0.05) is 35.9 Å². The van der Waals surface area contributed by atoms with Crippen molar-refractivity contribution in [3.05, 3.63) is 11.1 Å². The number of nitrogens with one attached hydrogen (secondary N) is 1. The zero-order valence-electron chi connectivity index (χ0n) is 7.86. The third kappa shape index (κ3) is 6.83. The van der Waals surface area contributed by atoms with E-state index in [1.54, 1.807) is 0 Å². The molecule has 0 aliphatic rings. The summed E-state index contributed by atoms with van der Waals surface area (Å²) in [5, 5.41) is 12.8. The molecule has 3 heteroatoms. The lowest BCUT2D eigenvalue weighted by Gasteiger charge is -2.22. The predicted octanol–water partition coefficient (Wildman–Crippen LogP) is 2.04. The Morgan fingerprint density at radius 1 is 1.67 bits per heavy atom. The topological polar surface area (TPSA) is 32.3 Å². The van der Waals surface area contributed by atoms with Gasteiger partial charge in [-0.3, -0.25) is 0 Å². The quantitative estimate of drug-likeness (QED) is 0.739. The molecule has 0 rings (SSSR count). The van der Waals surface area contributed by atoms with Crippen LogP contribution in [0.3, 0.4) is 0 Å². The van der Waals surface area contributed by atoms with E-state index in [1.807, 2.05) is 6.92 Å². The Morgan fingerprint density at radius 2 is 2.25 bits per heavy atom. The highest BCUT2D eigenvalue weighted by molar-refractivity contribution is 9.11. The van der Waals surface area contributed by atoms with E-state index in [0.717, 1.165) is 17.3 Å². The molecule has 0 radical (unpaired) electrons. The molecule has 0 aromatic heterocycles. The summed E-state index contributed by atoms with van der Waals surface area (Å²) in [7, 11) is 0. The molecule has 2 nitrogen and oxygen atoms in total. The lowest BCUT2D eigenvalue weighted by atomic mass is 10.0. The second-order valence-corrected chi connectivity index (χ2v) is 4.49. The van der Waals surface area contributed by atoms with E-state index in [9.17, 15) is 5.11 Å². The normalized spacial score (nSPS) is 15.7. The highest BCUT2D eigenvalue weighted by atomic mass is 79.9. The largest absolute Gasteiger partial charge is 0.389 e. The first kappa shape index (κ1) is 12.1. The molecule has 0 aliphatic carbocycles. The fraction of sp³-hybridized carbons (Fsp3) is 0.778. The summed E-state index contributed by atoms with van der Waals surface area (Å²) >= 11 is 3.24. The van der Waals surface area contributed by atoms with Gasteiger partial charge in [0, 0.05) is 17.6 Å². The van der Waals surface area contributed by atoms with Crippen molar-refractivity contribution in [1.29, 1.82) is 0 Å². The molecule has 0 aromatic carbocycles. The first-order valence-electron chi connectivity index (χ1n) is 4.24. The second-order valence-electron chi connectivity index (χ2n) is 3.37. The van der Waals surface area contributed by atoms with E-state index >= 15 is 0 Å². The van der Waals surface area contributed by atoms with Gasteiger partial charge in [-0.15, -0.1) is 0 Å². The highest BCUT2D eigenvalue weighted by Crippen LogP contribution is 2.10. The Morgan fingerprint density at radius 3 is 2.67 bits per heavy atom. The van der Waals surface area contributed by atoms with Crippen LogP contribution in [-0.2, 0) is 0 Å². The second kappa shape index (κ2) is 5.73. The number of aliphatic hydroxyl groups is 1. The first-order chi connectivity index (χ1) is 5.48. The summed E-state index contributed by atoms with van der Waals surface area (Å²) in [6, 6.07) is 0. The minimum absolute atomic E-state index is 0.586. The first-order valence-corrected chi connectivity index (χ1v) is 5.03. The Labute approximate surface area is 83.2 Å². The summed E-state index contributed by atoms with van der Waals surface area (Å²) < 4.78 is 0.912. The summed E-state index contributed by atoms with van der Waals surface area (Å²) in [4.78, 5) is 0. The molecule has 0 spiro atoms. The van der Waals surface area contributed by atoms with Crippen molar-refractivity contribution in [1.82, 2.24) is 5.32 Å². The fourth-order valence-corrected chi connectivity index (χ4v) is 1.29. The maximum atomic E-state index is 9.72. The van der Waals surface area contributed by atoms with E-state index in [1.165, 1.54) is 0 Å². The molecule has 0 amide bonds. The summed E-state index contributed by atoms with van der Waals surface area (Å²) in [5.74, 6) is 0. The molecule has 72 valence electrons. The summed E-state index contributed by atoms with van der Waals surface area (Å²) in [6.45, 7) is 8.93. The van der Waals surface area contributed by atoms with Crippen LogP contribution in [0.2, 0.25) is 0 Å². The zero-order chi connectivity index (χ0) is 9.61. The van der Waals surface area contributed by atoms with Crippen LogP contribution in [0, 0.1) is 0 Å². The summed E-state index contributed by atoms with van der Waals surface area (Å²) in [6.07, 6.45) is 1.83.